The molecule has 3 heterocycles. The molecular weight excluding hydrogens is 343 g/mol. The van der Waals surface area contributed by atoms with Gasteiger partial charge in [0.15, 0.2) is 0 Å². The summed E-state index contributed by atoms with van der Waals surface area (Å²) in [6, 6.07) is 1.24. The van der Waals surface area contributed by atoms with Gasteiger partial charge in [-0.15, -0.1) is 11.3 Å². The Morgan fingerprint density at radius 2 is 2.17 bits per heavy atom. The number of rotatable bonds is 4. The van der Waals surface area contributed by atoms with Crippen molar-refractivity contribution in [2.24, 2.45) is 5.92 Å². The molecule has 2 amide bonds. The first-order chi connectivity index (χ1) is 10.9. The zero-order valence-corrected chi connectivity index (χ0v) is 16.3. The predicted molar refractivity (Wildman–Crippen MR) is 80.1 cm³/mol. The van der Waals surface area contributed by atoms with Gasteiger partial charge in [0.2, 0.25) is 5.91 Å². The van der Waals surface area contributed by atoms with E-state index in [1.54, 1.807) is 11.4 Å². The van der Waals surface area contributed by atoms with Crippen molar-refractivity contribution in [1.82, 2.24) is 10.2 Å². The molecule has 122 valence electrons. The number of nitrogens with one attached hydrogen (secondary N) is 1. The number of fused-ring (bicyclic) bond motifs is 1. The topological polar surface area (TPSA) is 110 Å². The SMILES string of the molecule is CNC(=O)c1csc(C2=C(C(=O)[O-])N3C(=O)C(C(C)O)C3C2)c1.[Na+]. The summed E-state index contributed by atoms with van der Waals surface area (Å²) in [5.41, 5.74) is 0.763. The summed E-state index contributed by atoms with van der Waals surface area (Å²) in [5.74, 6) is -2.68. The quantitative estimate of drug-likeness (QED) is 0.424. The number of aliphatic carboxylic acids is 1. The van der Waals surface area contributed by atoms with E-state index >= 15 is 0 Å². The van der Waals surface area contributed by atoms with Crippen molar-refractivity contribution in [3.63, 3.8) is 0 Å². The van der Waals surface area contributed by atoms with E-state index < -0.39 is 23.9 Å². The Morgan fingerprint density at radius 3 is 2.71 bits per heavy atom. The van der Waals surface area contributed by atoms with Crippen LogP contribution in [0.15, 0.2) is 17.1 Å². The van der Waals surface area contributed by atoms with Crippen LogP contribution >= 0.6 is 11.3 Å². The minimum absolute atomic E-state index is 0. The van der Waals surface area contributed by atoms with Crippen molar-refractivity contribution in [1.29, 1.82) is 0 Å². The maximum atomic E-state index is 12.1. The number of aliphatic hydroxyl groups is 1. The van der Waals surface area contributed by atoms with Gasteiger partial charge in [-0.25, -0.2) is 0 Å². The first-order valence-electron chi connectivity index (χ1n) is 7.13. The van der Waals surface area contributed by atoms with Crippen LogP contribution in [0.2, 0.25) is 0 Å². The van der Waals surface area contributed by atoms with Crippen molar-refractivity contribution in [2.75, 3.05) is 7.05 Å². The number of carbonyl (C=O) groups is 3. The van der Waals surface area contributed by atoms with Crippen LogP contribution in [0.5, 0.6) is 0 Å². The van der Waals surface area contributed by atoms with Crippen LogP contribution in [-0.2, 0) is 9.59 Å². The Bertz CT molecular complexity index is 742. The minimum atomic E-state index is -1.42. The molecule has 3 atom stereocenters. The van der Waals surface area contributed by atoms with Crippen molar-refractivity contribution in [3.8, 4) is 0 Å². The monoisotopic (exact) mass is 358 g/mol. The summed E-state index contributed by atoms with van der Waals surface area (Å²) in [6.07, 6.45) is -0.505. The number of carbonyl (C=O) groups excluding carboxylic acids is 3. The van der Waals surface area contributed by atoms with Gasteiger partial charge in [0.1, 0.15) is 0 Å². The molecule has 1 saturated heterocycles. The molecule has 1 aromatic rings. The zero-order valence-electron chi connectivity index (χ0n) is 13.5. The average Bonchev–Trinajstić information content (AvgIpc) is 3.08. The van der Waals surface area contributed by atoms with Gasteiger partial charge in [-0.05, 0) is 25.0 Å². The van der Waals surface area contributed by atoms with Crippen LogP contribution in [0.25, 0.3) is 5.57 Å². The molecule has 2 aliphatic heterocycles. The smallest absolute Gasteiger partial charge is 0.543 e. The number of carboxylic acid groups (broad SMARTS) is 1. The van der Waals surface area contributed by atoms with Crippen LogP contribution in [0.3, 0.4) is 0 Å². The number of hydrogen-bond donors (Lipinski definition) is 2. The van der Waals surface area contributed by atoms with Gasteiger partial charge in [0.25, 0.3) is 5.91 Å². The number of hydrogen-bond acceptors (Lipinski definition) is 6. The van der Waals surface area contributed by atoms with Crippen molar-refractivity contribution < 1.29 is 54.2 Å². The fourth-order valence-corrected chi connectivity index (χ4v) is 4.18. The molecule has 1 aromatic heterocycles. The number of β-lactam (4-membered cyclic amide) rings is 1. The maximum Gasteiger partial charge on any atom is 1.00 e. The Balaban J connectivity index is 0.00000208. The molecule has 9 heteroatoms. The number of amides is 2. The second kappa shape index (κ2) is 6.97. The van der Waals surface area contributed by atoms with E-state index in [0.717, 1.165) is 0 Å². The van der Waals surface area contributed by atoms with Crippen LogP contribution in [0.1, 0.15) is 28.6 Å². The van der Waals surface area contributed by atoms with Gasteiger partial charge in [0.05, 0.1) is 35.3 Å². The molecule has 1 fully saturated rings. The van der Waals surface area contributed by atoms with Gasteiger partial charge in [-0.1, -0.05) is 0 Å². The molecule has 0 saturated carbocycles. The third-order valence-corrected chi connectivity index (χ3v) is 5.30. The number of nitrogens with zero attached hydrogens (tertiary/aromatic N) is 1. The van der Waals surface area contributed by atoms with Crippen LogP contribution in [-0.4, -0.2) is 47.0 Å². The first-order valence-corrected chi connectivity index (χ1v) is 8.01. The number of carboxylic acids is 1. The van der Waals surface area contributed by atoms with Crippen LogP contribution in [0.4, 0.5) is 0 Å². The molecule has 24 heavy (non-hydrogen) atoms. The van der Waals surface area contributed by atoms with E-state index in [4.69, 9.17) is 0 Å². The summed E-state index contributed by atoms with van der Waals surface area (Å²) in [4.78, 5) is 37.1. The Labute approximate surface area is 164 Å². The van der Waals surface area contributed by atoms with Gasteiger partial charge < -0.3 is 25.2 Å². The fraction of sp³-hybridized carbons (Fsp3) is 0.400. The first kappa shape index (κ1) is 19.1. The van der Waals surface area contributed by atoms with Gasteiger partial charge in [0, 0.05) is 17.3 Å². The van der Waals surface area contributed by atoms with E-state index in [1.807, 2.05) is 0 Å². The molecule has 0 bridgehead atoms. The Hall–Kier alpha value is -1.19. The summed E-state index contributed by atoms with van der Waals surface area (Å²) in [6.45, 7) is 1.52. The Kier molecular flexibility index (Phi) is 5.56. The third-order valence-electron chi connectivity index (χ3n) is 4.31. The summed E-state index contributed by atoms with van der Waals surface area (Å²) in [5, 5.41) is 25.3. The molecule has 2 N–H and O–H groups in total. The standard InChI is InChI=1S/C15H16N2O5S.Na/c1-6(18)11-9-4-8(12(15(21)22)17(9)14(11)20)10-3-7(5-23-10)13(19)16-2;/h3,5-6,9,11,18H,4H2,1-2H3,(H,16,19)(H,21,22);/q;+1/p-1. The number of aliphatic hydroxyl groups excluding tert-OH is 1. The summed E-state index contributed by atoms with van der Waals surface area (Å²) >= 11 is 1.24. The molecule has 3 unspecified atom stereocenters. The summed E-state index contributed by atoms with van der Waals surface area (Å²) in [7, 11) is 1.51. The molecule has 3 rings (SSSR count). The van der Waals surface area contributed by atoms with Gasteiger partial charge in [-0.3, -0.25) is 9.59 Å². The number of thiophene rings is 1. The molecule has 2 aliphatic rings. The molecule has 0 aromatic carbocycles. The largest absolute Gasteiger partial charge is 1.00 e. The van der Waals surface area contributed by atoms with E-state index in [2.05, 4.69) is 5.32 Å². The third kappa shape index (κ3) is 2.82. The minimum Gasteiger partial charge on any atom is -0.543 e. The fourth-order valence-electron chi connectivity index (χ4n) is 3.24. The van der Waals surface area contributed by atoms with Gasteiger partial charge >= 0.3 is 29.6 Å². The normalized spacial score (nSPS) is 23.3. The second-order valence-corrected chi connectivity index (χ2v) is 6.55. The molecule has 7 nitrogen and oxygen atoms in total. The van der Waals surface area contributed by atoms with Crippen molar-refractivity contribution in [2.45, 2.75) is 25.5 Å². The molecule has 0 radical (unpaired) electrons. The molecule has 0 aliphatic carbocycles. The van der Waals surface area contributed by atoms with Crippen LogP contribution < -0.4 is 40.0 Å². The zero-order chi connectivity index (χ0) is 16.9. The predicted octanol–water partition coefficient (Wildman–Crippen LogP) is -3.82. The van der Waals surface area contributed by atoms with E-state index in [0.29, 0.717) is 22.4 Å². The van der Waals surface area contributed by atoms with Crippen molar-refractivity contribution in [3.05, 3.63) is 27.6 Å². The maximum absolute atomic E-state index is 12.1. The second-order valence-electron chi connectivity index (χ2n) is 5.64. The van der Waals surface area contributed by atoms with E-state index in [1.165, 1.54) is 30.2 Å². The van der Waals surface area contributed by atoms with E-state index in [-0.39, 0.29) is 47.2 Å². The van der Waals surface area contributed by atoms with Gasteiger partial charge in [-0.2, -0.15) is 0 Å². The van der Waals surface area contributed by atoms with E-state index in [9.17, 15) is 24.6 Å². The van der Waals surface area contributed by atoms with Crippen molar-refractivity contribution >= 4 is 34.7 Å². The Morgan fingerprint density at radius 1 is 1.50 bits per heavy atom. The molecular formula is C15H15N2NaO5S. The summed E-state index contributed by atoms with van der Waals surface area (Å²) < 4.78 is 0. The van der Waals surface area contributed by atoms with Crippen LogP contribution in [0, 0.1) is 5.92 Å². The average molecular weight is 358 g/mol. The molecule has 0 spiro atoms.